The first-order chi connectivity index (χ1) is 9.77. The van der Waals surface area contributed by atoms with Crippen LogP contribution < -0.4 is 11.1 Å². The number of nitrogens with two attached hydrogens (primary N) is 1. The molecule has 1 atom stereocenters. The number of amides is 1. The molecule has 0 spiro atoms. The van der Waals surface area contributed by atoms with Crippen molar-refractivity contribution in [3.8, 4) is 0 Å². The molecule has 0 radical (unpaired) electrons. The summed E-state index contributed by atoms with van der Waals surface area (Å²) in [5.41, 5.74) is 6.17. The molecule has 0 aromatic carbocycles. The van der Waals surface area contributed by atoms with Crippen molar-refractivity contribution in [3.05, 3.63) is 16.8 Å². The molecule has 116 valence electrons. The minimum Gasteiger partial charge on any atom is -0.376 e. The van der Waals surface area contributed by atoms with Crippen LogP contribution in [0.4, 0.5) is 5.82 Å². The number of anilines is 1. The zero-order chi connectivity index (χ0) is 15.6. The van der Waals surface area contributed by atoms with Crippen LogP contribution in [0.15, 0.2) is 6.07 Å². The summed E-state index contributed by atoms with van der Waals surface area (Å²) in [6, 6.07) is 1.26. The highest BCUT2D eigenvalue weighted by Crippen LogP contribution is 2.27. The highest BCUT2D eigenvalue weighted by molar-refractivity contribution is 6.30. The van der Waals surface area contributed by atoms with E-state index in [-0.39, 0.29) is 17.1 Å². The molecule has 1 amide bonds. The van der Waals surface area contributed by atoms with Crippen molar-refractivity contribution < 1.29 is 9.53 Å². The average Bonchev–Trinajstić information content (AvgIpc) is 3.21. The summed E-state index contributed by atoms with van der Waals surface area (Å²) in [7, 11) is 0. The monoisotopic (exact) mass is 312 g/mol. The summed E-state index contributed by atoms with van der Waals surface area (Å²) < 4.78 is 5.58. The van der Waals surface area contributed by atoms with E-state index < -0.39 is 5.41 Å². The van der Waals surface area contributed by atoms with Crippen LogP contribution in [-0.4, -0.2) is 28.8 Å². The molecule has 1 fully saturated rings. The molecule has 3 N–H and O–H groups in total. The van der Waals surface area contributed by atoms with Gasteiger partial charge in [-0.25, -0.2) is 0 Å². The number of ether oxygens (including phenoxy) is 1. The van der Waals surface area contributed by atoms with Crippen LogP contribution in [0.1, 0.15) is 45.2 Å². The molecule has 1 saturated carbocycles. The maximum Gasteiger partial charge on any atom is 0.230 e. The van der Waals surface area contributed by atoms with Gasteiger partial charge in [-0.05, 0) is 18.9 Å². The van der Waals surface area contributed by atoms with Crippen molar-refractivity contribution in [2.24, 2.45) is 11.1 Å². The fraction of sp³-hybridized carbons (Fsp3) is 0.643. The van der Waals surface area contributed by atoms with Crippen molar-refractivity contribution in [1.29, 1.82) is 0 Å². The molecule has 0 bridgehead atoms. The van der Waals surface area contributed by atoms with Crippen LogP contribution in [0.3, 0.4) is 0 Å². The van der Waals surface area contributed by atoms with E-state index >= 15 is 0 Å². The zero-order valence-corrected chi connectivity index (χ0v) is 13.3. The van der Waals surface area contributed by atoms with Gasteiger partial charge in [0.25, 0.3) is 0 Å². The summed E-state index contributed by atoms with van der Waals surface area (Å²) in [5, 5.41) is 10.7. The van der Waals surface area contributed by atoms with E-state index in [0.29, 0.717) is 24.1 Å². The molecule has 7 heteroatoms. The average molecular weight is 313 g/mol. The van der Waals surface area contributed by atoms with Crippen molar-refractivity contribution in [1.82, 2.24) is 10.2 Å². The molecule has 1 aliphatic rings. The third-order valence-corrected chi connectivity index (χ3v) is 3.43. The lowest BCUT2D eigenvalue weighted by atomic mass is 9.96. The van der Waals surface area contributed by atoms with Crippen molar-refractivity contribution in [2.45, 2.75) is 45.8 Å². The van der Waals surface area contributed by atoms with Crippen LogP contribution >= 0.6 is 11.6 Å². The predicted molar refractivity (Wildman–Crippen MR) is 81.0 cm³/mol. The van der Waals surface area contributed by atoms with E-state index in [0.717, 1.165) is 12.8 Å². The first kappa shape index (κ1) is 16.1. The van der Waals surface area contributed by atoms with Gasteiger partial charge in [0, 0.05) is 11.0 Å². The van der Waals surface area contributed by atoms with Gasteiger partial charge in [-0.3, -0.25) is 4.79 Å². The van der Waals surface area contributed by atoms with Gasteiger partial charge in [0.15, 0.2) is 11.0 Å². The van der Waals surface area contributed by atoms with E-state index in [1.807, 2.05) is 20.8 Å². The summed E-state index contributed by atoms with van der Waals surface area (Å²) in [6.45, 7) is 5.84. The van der Waals surface area contributed by atoms with Gasteiger partial charge in [-0.2, -0.15) is 0 Å². The Hall–Kier alpha value is -1.24. The van der Waals surface area contributed by atoms with E-state index in [4.69, 9.17) is 22.1 Å². The van der Waals surface area contributed by atoms with E-state index in [1.165, 1.54) is 0 Å². The minimum atomic E-state index is -0.515. The smallest absolute Gasteiger partial charge is 0.230 e. The molecule has 21 heavy (non-hydrogen) atoms. The highest BCUT2D eigenvalue weighted by Gasteiger charge is 2.25. The molecule has 1 aliphatic carbocycles. The molecule has 1 aromatic heterocycles. The lowest BCUT2D eigenvalue weighted by Gasteiger charge is -2.18. The van der Waals surface area contributed by atoms with Gasteiger partial charge >= 0.3 is 0 Å². The first-order valence-corrected chi connectivity index (χ1v) is 7.37. The molecule has 1 aromatic rings. The number of halogens is 1. The second-order valence-electron chi connectivity index (χ2n) is 6.32. The Bertz CT molecular complexity index is 526. The van der Waals surface area contributed by atoms with E-state index in [1.54, 1.807) is 6.07 Å². The Morgan fingerprint density at radius 1 is 1.52 bits per heavy atom. The van der Waals surface area contributed by atoms with E-state index in [9.17, 15) is 4.79 Å². The highest BCUT2D eigenvalue weighted by atomic mass is 35.5. The van der Waals surface area contributed by atoms with Gasteiger partial charge in [-0.15, -0.1) is 10.2 Å². The minimum absolute atomic E-state index is 0.145. The normalized spacial score (nSPS) is 16.6. The lowest BCUT2D eigenvalue weighted by Crippen LogP contribution is -2.28. The first-order valence-electron chi connectivity index (χ1n) is 6.99. The fourth-order valence-corrected chi connectivity index (χ4v) is 1.81. The summed E-state index contributed by atoms with van der Waals surface area (Å²) >= 11 is 6.03. The largest absolute Gasteiger partial charge is 0.376 e. The number of hydrogen-bond donors (Lipinski definition) is 2. The van der Waals surface area contributed by atoms with Crippen molar-refractivity contribution in [2.75, 3.05) is 11.9 Å². The van der Waals surface area contributed by atoms with Gasteiger partial charge in [-0.1, -0.05) is 32.4 Å². The third kappa shape index (κ3) is 4.62. The summed E-state index contributed by atoms with van der Waals surface area (Å²) in [6.07, 6.45) is 2.49. The molecule has 0 saturated heterocycles. The van der Waals surface area contributed by atoms with Crippen molar-refractivity contribution in [3.63, 3.8) is 0 Å². The number of carbonyl (C=O) groups excluding carboxylic acids is 1. The summed E-state index contributed by atoms with van der Waals surface area (Å²) in [5.74, 6) is 0.198. The SMILES string of the molecule is CC(C)(C)C(=O)Nc1cc(C(N)COC2CC2)c(Cl)nn1. The molecular formula is C14H21ClN4O2. The number of rotatable bonds is 5. The van der Waals surface area contributed by atoms with Crippen molar-refractivity contribution >= 4 is 23.3 Å². The van der Waals surface area contributed by atoms with Crippen LogP contribution in [-0.2, 0) is 9.53 Å². The lowest BCUT2D eigenvalue weighted by molar-refractivity contribution is -0.123. The Morgan fingerprint density at radius 2 is 2.19 bits per heavy atom. The van der Waals surface area contributed by atoms with Crippen LogP contribution in [0, 0.1) is 5.41 Å². The van der Waals surface area contributed by atoms with Crippen LogP contribution in [0.5, 0.6) is 0 Å². The molecule has 6 nitrogen and oxygen atoms in total. The molecule has 0 aliphatic heterocycles. The molecule has 1 unspecified atom stereocenters. The summed E-state index contributed by atoms with van der Waals surface area (Å²) in [4.78, 5) is 12.0. The third-order valence-electron chi connectivity index (χ3n) is 3.13. The maximum absolute atomic E-state index is 12.0. The Labute approximate surface area is 129 Å². The van der Waals surface area contributed by atoms with Crippen LogP contribution in [0.2, 0.25) is 5.15 Å². The quantitative estimate of drug-likeness (QED) is 0.870. The standard InChI is InChI=1S/C14H21ClN4O2/c1-14(2,3)13(20)17-11-6-9(12(15)19-18-11)10(16)7-21-8-4-5-8/h6,8,10H,4-5,7,16H2,1-3H3,(H,17,18,20). The number of hydrogen-bond acceptors (Lipinski definition) is 5. The zero-order valence-electron chi connectivity index (χ0n) is 12.5. The number of carbonyl (C=O) groups is 1. The molecule has 2 rings (SSSR count). The number of aromatic nitrogens is 2. The van der Waals surface area contributed by atoms with Crippen LogP contribution in [0.25, 0.3) is 0 Å². The maximum atomic E-state index is 12.0. The van der Waals surface area contributed by atoms with E-state index in [2.05, 4.69) is 15.5 Å². The number of nitrogens with zero attached hydrogens (tertiary/aromatic N) is 2. The number of nitrogens with one attached hydrogen (secondary N) is 1. The predicted octanol–water partition coefficient (Wildman–Crippen LogP) is 2.29. The van der Waals surface area contributed by atoms with Gasteiger partial charge in [0.1, 0.15) is 0 Å². The van der Waals surface area contributed by atoms with Gasteiger partial charge < -0.3 is 15.8 Å². The van der Waals surface area contributed by atoms with Gasteiger partial charge in [0.2, 0.25) is 5.91 Å². The topological polar surface area (TPSA) is 90.1 Å². The fourth-order valence-electron chi connectivity index (χ4n) is 1.58. The second-order valence-corrected chi connectivity index (χ2v) is 6.68. The molecule has 1 heterocycles. The Balaban J connectivity index is 2.06. The molecular weight excluding hydrogens is 292 g/mol. The second kappa shape index (κ2) is 6.25. The Kier molecular flexibility index (Phi) is 4.81. The van der Waals surface area contributed by atoms with Gasteiger partial charge in [0.05, 0.1) is 18.8 Å². The Morgan fingerprint density at radius 3 is 2.76 bits per heavy atom.